The first-order valence-electron chi connectivity index (χ1n) is 8.47. The molecule has 9 heteroatoms. The summed E-state index contributed by atoms with van der Waals surface area (Å²) in [6.07, 6.45) is 3.85. The SMILES string of the molecule is Cc1c(Cl)c(C(F)(F)F)nn1CC(=O)N1CCN(C2=CCCC=C2)CC1. The second kappa shape index (κ2) is 7.34. The molecule has 1 aromatic rings. The Bertz CT molecular complexity index is 746. The van der Waals surface area contributed by atoms with Gasteiger partial charge in [0.25, 0.3) is 0 Å². The molecule has 0 spiro atoms. The second-order valence-corrected chi connectivity index (χ2v) is 6.76. The maximum Gasteiger partial charge on any atom is 0.436 e. The number of allylic oxidation sites excluding steroid dienone is 3. The van der Waals surface area contributed by atoms with Crippen LogP contribution in [-0.4, -0.2) is 51.7 Å². The van der Waals surface area contributed by atoms with E-state index < -0.39 is 16.9 Å². The minimum absolute atomic E-state index is 0.142. The Kier molecular flexibility index (Phi) is 5.32. The molecule has 5 nitrogen and oxygen atoms in total. The molecule has 3 rings (SSSR count). The van der Waals surface area contributed by atoms with Crippen molar-refractivity contribution in [3.05, 3.63) is 40.3 Å². The van der Waals surface area contributed by atoms with E-state index >= 15 is 0 Å². The van der Waals surface area contributed by atoms with Gasteiger partial charge in [-0.2, -0.15) is 18.3 Å². The first-order valence-corrected chi connectivity index (χ1v) is 8.84. The molecule has 0 unspecified atom stereocenters. The van der Waals surface area contributed by atoms with Gasteiger partial charge in [0.05, 0.1) is 10.7 Å². The van der Waals surface area contributed by atoms with Gasteiger partial charge in [-0.3, -0.25) is 9.48 Å². The van der Waals surface area contributed by atoms with Crippen LogP contribution in [0.4, 0.5) is 13.2 Å². The predicted molar refractivity (Wildman–Crippen MR) is 91.6 cm³/mol. The van der Waals surface area contributed by atoms with Gasteiger partial charge in [0.1, 0.15) is 6.54 Å². The van der Waals surface area contributed by atoms with Crippen molar-refractivity contribution < 1.29 is 18.0 Å². The smallest absolute Gasteiger partial charge is 0.368 e. The van der Waals surface area contributed by atoms with Gasteiger partial charge in [-0.05, 0) is 25.8 Å². The highest BCUT2D eigenvalue weighted by atomic mass is 35.5. The minimum atomic E-state index is -4.64. The summed E-state index contributed by atoms with van der Waals surface area (Å²) in [4.78, 5) is 16.3. The molecule has 1 fully saturated rings. The molecule has 2 heterocycles. The van der Waals surface area contributed by atoms with E-state index in [2.05, 4.69) is 28.2 Å². The summed E-state index contributed by atoms with van der Waals surface area (Å²) in [6, 6.07) is 0. The Morgan fingerprint density at radius 1 is 1.23 bits per heavy atom. The van der Waals surface area contributed by atoms with Crippen molar-refractivity contribution in [2.45, 2.75) is 32.5 Å². The van der Waals surface area contributed by atoms with E-state index in [-0.39, 0.29) is 18.1 Å². The third-order valence-electron chi connectivity index (χ3n) is 4.66. The lowest BCUT2D eigenvalue weighted by atomic mass is 10.1. The van der Waals surface area contributed by atoms with Crippen LogP contribution >= 0.6 is 11.6 Å². The van der Waals surface area contributed by atoms with Crippen molar-refractivity contribution in [1.29, 1.82) is 0 Å². The summed E-state index contributed by atoms with van der Waals surface area (Å²) in [7, 11) is 0. The normalized spacial score (nSPS) is 18.3. The number of hydrogen-bond acceptors (Lipinski definition) is 3. The van der Waals surface area contributed by atoms with E-state index in [1.54, 1.807) is 4.90 Å². The van der Waals surface area contributed by atoms with E-state index in [1.807, 2.05) is 0 Å². The average molecular weight is 389 g/mol. The zero-order valence-electron chi connectivity index (χ0n) is 14.4. The fourth-order valence-electron chi connectivity index (χ4n) is 3.14. The van der Waals surface area contributed by atoms with Gasteiger partial charge >= 0.3 is 6.18 Å². The van der Waals surface area contributed by atoms with Gasteiger partial charge in [-0.25, -0.2) is 0 Å². The molecule has 2 aliphatic rings. The molecule has 1 amide bonds. The molecule has 0 radical (unpaired) electrons. The van der Waals surface area contributed by atoms with Gasteiger partial charge in [0.15, 0.2) is 5.69 Å². The van der Waals surface area contributed by atoms with Gasteiger partial charge in [0, 0.05) is 31.9 Å². The van der Waals surface area contributed by atoms with Gasteiger partial charge in [-0.15, -0.1) is 0 Å². The van der Waals surface area contributed by atoms with Crippen LogP contribution in [0.25, 0.3) is 0 Å². The van der Waals surface area contributed by atoms with Crippen molar-refractivity contribution >= 4 is 17.5 Å². The number of carbonyl (C=O) groups excluding carboxylic acids is 1. The molecule has 1 aromatic heterocycles. The summed E-state index contributed by atoms with van der Waals surface area (Å²) in [5, 5.41) is 3.03. The van der Waals surface area contributed by atoms with Crippen LogP contribution in [0.1, 0.15) is 24.2 Å². The number of amides is 1. The zero-order chi connectivity index (χ0) is 18.9. The molecule has 142 valence electrons. The van der Waals surface area contributed by atoms with Crippen molar-refractivity contribution in [1.82, 2.24) is 19.6 Å². The Morgan fingerprint density at radius 3 is 2.46 bits per heavy atom. The number of carbonyl (C=O) groups is 1. The van der Waals surface area contributed by atoms with E-state index in [0.717, 1.165) is 17.5 Å². The van der Waals surface area contributed by atoms with Crippen LogP contribution in [0.3, 0.4) is 0 Å². The van der Waals surface area contributed by atoms with Gasteiger partial charge < -0.3 is 9.80 Å². The Hall–Kier alpha value is -1.96. The van der Waals surface area contributed by atoms with E-state index in [0.29, 0.717) is 26.2 Å². The predicted octanol–water partition coefficient (Wildman–Crippen LogP) is 3.24. The van der Waals surface area contributed by atoms with Crippen molar-refractivity contribution in [2.24, 2.45) is 0 Å². The fraction of sp³-hybridized carbons (Fsp3) is 0.529. The summed E-state index contributed by atoms with van der Waals surface area (Å²) < 4.78 is 39.7. The Labute approximate surface area is 154 Å². The number of aromatic nitrogens is 2. The highest BCUT2D eigenvalue weighted by molar-refractivity contribution is 6.32. The van der Waals surface area contributed by atoms with Crippen LogP contribution < -0.4 is 0 Å². The van der Waals surface area contributed by atoms with E-state index in [1.165, 1.54) is 12.6 Å². The number of alkyl halides is 3. The quantitative estimate of drug-likeness (QED) is 0.798. The standard InChI is InChI=1S/C17H20ClF3N4O/c1-12-15(18)16(17(19,20)21)22-25(12)11-14(26)24-9-7-23(8-10-24)13-5-3-2-4-6-13/h3,5-6H,2,4,7-11H2,1H3. The monoisotopic (exact) mass is 388 g/mol. The number of rotatable bonds is 3. The second-order valence-electron chi connectivity index (χ2n) is 6.38. The molecule has 0 N–H and O–H groups in total. The third-order valence-corrected chi connectivity index (χ3v) is 5.11. The lowest BCUT2D eigenvalue weighted by Crippen LogP contribution is -2.49. The van der Waals surface area contributed by atoms with Crippen LogP contribution in [0.15, 0.2) is 23.9 Å². The number of nitrogens with zero attached hydrogens (tertiary/aromatic N) is 4. The van der Waals surface area contributed by atoms with Crippen molar-refractivity contribution in [3.8, 4) is 0 Å². The highest BCUT2D eigenvalue weighted by Crippen LogP contribution is 2.35. The molecule has 0 bridgehead atoms. The molecule has 26 heavy (non-hydrogen) atoms. The van der Waals surface area contributed by atoms with Gasteiger partial charge in [0.2, 0.25) is 5.91 Å². The molecule has 0 aromatic carbocycles. The Balaban J connectivity index is 1.61. The van der Waals surface area contributed by atoms with Gasteiger partial charge in [-0.1, -0.05) is 23.8 Å². The average Bonchev–Trinajstić information content (AvgIpc) is 2.91. The number of piperazine rings is 1. The largest absolute Gasteiger partial charge is 0.436 e. The molecule has 1 aliphatic carbocycles. The van der Waals surface area contributed by atoms with E-state index in [4.69, 9.17) is 11.6 Å². The Morgan fingerprint density at radius 2 is 1.92 bits per heavy atom. The lowest BCUT2D eigenvalue weighted by Gasteiger charge is -2.37. The molecular formula is C17H20ClF3N4O. The summed E-state index contributed by atoms with van der Waals surface area (Å²) in [5.74, 6) is -0.256. The molecule has 0 atom stereocenters. The first kappa shape index (κ1) is 18.8. The highest BCUT2D eigenvalue weighted by Gasteiger charge is 2.38. The summed E-state index contributed by atoms with van der Waals surface area (Å²) in [6.45, 7) is 3.65. The maximum absolute atomic E-state index is 12.9. The molecule has 1 aliphatic heterocycles. The molecular weight excluding hydrogens is 369 g/mol. The first-order chi connectivity index (χ1) is 12.3. The van der Waals surface area contributed by atoms with Crippen molar-refractivity contribution in [2.75, 3.05) is 26.2 Å². The number of hydrogen-bond donors (Lipinski definition) is 0. The third kappa shape index (κ3) is 3.90. The van der Waals surface area contributed by atoms with E-state index in [9.17, 15) is 18.0 Å². The zero-order valence-corrected chi connectivity index (χ0v) is 15.1. The fourth-order valence-corrected chi connectivity index (χ4v) is 3.38. The number of halogens is 4. The molecule has 1 saturated heterocycles. The topological polar surface area (TPSA) is 41.4 Å². The maximum atomic E-state index is 12.9. The van der Waals surface area contributed by atoms with Crippen molar-refractivity contribution in [3.63, 3.8) is 0 Å². The van der Waals surface area contributed by atoms with Crippen LogP contribution in [-0.2, 0) is 17.5 Å². The van der Waals surface area contributed by atoms with Crippen LogP contribution in [0.5, 0.6) is 0 Å². The molecule has 0 saturated carbocycles. The lowest BCUT2D eigenvalue weighted by molar-refractivity contribution is -0.142. The van der Waals surface area contributed by atoms with Crippen LogP contribution in [0, 0.1) is 6.92 Å². The minimum Gasteiger partial charge on any atom is -0.368 e. The van der Waals surface area contributed by atoms with Crippen LogP contribution in [0.2, 0.25) is 5.02 Å². The summed E-state index contributed by atoms with van der Waals surface area (Å²) >= 11 is 5.73. The summed E-state index contributed by atoms with van der Waals surface area (Å²) in [5.41, 5.74) is 0.168.